The molecule has 1 aromatic rings. The van der Waals surface area contributed by atoms with Gasteiger partial charge >= 0.3 is 5.97 Å². The lowest BCUT2D eigenvalue weighted by Crippen LogP contribution is -2.41. The van der Waals surface area contributed by atoms with Gasteiger partial charge in [-0.2, -0.15) is 0 Å². The molecule has 1 saturated carbocycles. The highest BCUT2D eigenvalue weighted by molar-refractivity contribution is 9.10. The van der Waals surface area contributed by atoms with Crippen molar-refractivity contribution >= 4 is 27.8 Å². The lowest BCUT2D eigenvalue weighted by molar-refractivity contribution is -0.142. The van der Waals surface area contributed by atoms with Gasteiger partial charge in [0.1, 0.15) is 6.04 Å². The van der Waals surface area contributed by atoms with Crippen molar-refractivity contribution in [1.29, 1.82) is 0 Å². The fourth-order valence-electron chi connectivity index (χ4n) is 2.42. The van der Waals surface area contributed by atoms with Crippen molar-refractivity contribution in [3.05, 3.63) is 34.3 Å². The number of hydrogen-bond acceptors (Lipinski definition) is 2. The number of rotatable bonds is 6. The van der Waals surface area contributed by atoms with Gasteiger partial charge in [0.05, 0.1) is 0 Å². The molecule has 0 bridgehead atoms. The topological polar surface area (TPSA) is 66.4 Å². The van der Waals surface area contributed by atoms with Crippen molar-refractivity contribution in [3.8, 4) is 0 Å². The number of halogens is 1. The third-order valence-corrected chi connectivity index (χ3v) is 4.09. The molecule has 108 valence electrons. The lowest BCUT2D eigenvalue weighted by atomic mass is 10.1. The van der Waals surface area contributed by atoms with Crippen molar-refractivity contribution in [2.75, 3.05) is 0 Å². The molecule has 3 atom stereocenters. The first-order valence-electron chi connectivity index (χ1n) is 6.81. The predicted octanol–water partition coefficient (Wildman–Crippen LogP) is 2.92. The number of benzene rings is 1. The SMILES string of the molecule is CCCC(NC(=O)C1CC1c1cccc(Br)c1)C(=O)O. The molecule has 1 amide bonds. The first-order valence-corrected chi connectivity index (χ1v) is 7.61. The number of aliphatic carboxylic acids is 1. The molecule has 1 fully saturated rings. The van der Waals surface area contributed by atoms with E-state index >= 15 is 0 Å². The molecule has 4 nitrogen and oxygen atoms in total. The summed E-state index contributed by atoms with van der Waals surface area (Å²) in [5.41, 5.74) is 1.13. The van der Waals surface area contributed by atoms with Crippen LogP contribution in [0.25, 0.3) is 0 Å². The first kappa shape index (κ1) is 15.0. The molecule has 5 heteroatoms. The molecular weight excluding hydrogens is 322 g/mol. The molecule has 0 radical (unpaired) electrons. The van der Waals surface area contributed by atoms with Crippen molar-refractivity contribution in [2.24, 2.45) is 5.92 Å². The van der Waals surface area contributed by atoms with E-state index in [4.69, 9.17) is 5.11 Å². The van der Waals surface area contributed by atoms with Crippen LogP contribution in [0, 0.1) is 5.92 Å². The molecule has 2 rings (SSSR count). The number of carbonyl (C=O) groups excluding carboxylic acids is 1. The molecule has 1 aromatic carbocycles. The Morgan fingerprint density at radius 1 is 1.50 bits per heavy atom. The van der Waals surface area contributed by atoms with Crippen molar-refractivity contribution in [3.63, 3.8) is 0 Å². The van der Waals surface area contributed by atoms with Crippen LogP contribution < -0.4 is 5.32 Å². The number of carboxylic acids is 1. The van der Waals surface area contributed by atoms with Crippen LogP contribution in [-0.2, 0) is 9.59 Å². The van der Waals surface area contributed by atoms with Crippen LogP contribution >= 0.6 is 15.9 Å². The summed E-state index contributed by atoms with van der Waals surface area (Å²) >= 11 is 3.42. The molecule has 0 heterocycles. The van der Waals surface area contributed by atoms with E-state index in [2.05, 4.69) is 21.2 Å². The van der Waals surface area contributed by atoms with Crippen LogP contribution in [0.4, 0.5) is 0 Å². The van der Waals surface area contributed by atoms with Gasteiger partial charge in [0.15, 0.2) is 0 Å². The van der Waals surface area contributed by atoms with E-state index in [9.17, 15) is 9.59 Å². The highest BCUT2D eigenvalue weighted by atomic mass is 79.9. The summed E-state index contributed by atoms with van der Waals surface area (Å²) in [7, 11) is 0. The largest absolute Gasteiger partial charge is 0.480 e. The molecule has 3 unspecified atom stereocenters. The highest BCUT2D eigenvalue weighted by Gasteiger charge is 2.44. The third-order valence-electron chi connectivity index (χ3n) is 3.60. The Kier molecular flexibility index (Phi) is 4.81. The van der Waals surface area contributed by atoms with Gasteiger partial charge < -0.3 is 10.4 Å². The van der Waals surface area contributed by atoms with Gasteiger partial charge in [0.25, 0.3) is 0 Å². The minimum atomic E-state index is -0.958. The summed E-state index contributed by atoms with van der Waals surface area (Å²) in [6.07, 6.45) is 1.99. The average molecular weight is 340 g/mol. The first-order chi connectivity index (χ1) is 9.52. The summed E-state index contributed by atoms with van der Waals surface area (Å²) in [6.45, 7) is 1.91. The van der Waals surface area contributed by atoms with Crippen LogP contribution in [0.15, 0.2) is 28.7 Å². The smallest absolute Gasteiger partial charge is 0.326 e. The number of carboxylic acid groups (broad SMARTS) is 1. The fraction of sp³-hybridized carbons (Fsp3) is 0.467. The summed E-state index contributed by atoms with van der Waals surface area (Å²) in [6, 6.07) is 7.14. The molecular formula is C15H18BrNO3. The van der Waals surface area contributed by atoms with E-state index < -0.39 is 12.0 Å². The maximum atomic E-state index is 12.1. The number of hydrogen-bond donors (Lipinski definition) is 2. The highest BCUT2D eigenvalue weighted by Crippen LogP contribution is 2.48. The van der Waals surface area contributed by atoms with E-state index in [0.717, 1.165) is 22.9 Å². The van der Waals surface area contributed by atoms with E-state index in [0.29, 0.717) is 6.42 Å². The zero-order chi connectivity index (χ0) is 14.7. The monoisotopic (exact) mass is 339 g/mol. The minimum absolute atomic E-state index is 0.0944. The Labute approximate surface area is 126 Å². The number of nitrogens with one attached hydrogen (secondary N) is 1. The van der Waals surface area contributed by atoms with Gasteiger partial charge in [0, 0.05) is 10.4 Å². The summed E-state index contributed by atoms with van der Waals surface area (Å²) in [4.78, 5) is 23.1. The molecule has 1 aliphatic carbocycles. The molecule has 20 heavy (non-hydrogen) atoms. The van der Waals surface area contributed by atoms with Gasteiger partial charge in [-0.15, -0.1) is 0 Å². The Morgan fingerprint density at radius 2 is 2.25 bits per heavy atom. The van der Waals surface area contributed by atoms with Crippen LogP contribution in [-0.4, -0.2) is 23.0 Å². The van der Waals surface area contributed by atoms with E-state index in [1.165, 1.54) is 0 Å². The molecule has 0 aliphatic heterocycles. The number of carbonyl (C=O) groups is 2. The van der Waals surface area contributed by atoms with Gasteiger partial charge in [-0.05, 0) is 36.5 Å². The maximum absolute atomic E-state index is 12.1. The average Bonchev–Trinajstić information content (AvgIpc) is 3.18. The van der Waals surface area contributed by atoms with Crippen LogP contribution in [0.5, 0.6) is 0 Å². The summed E-state index contributed by atoms with van der Waals surface area (Å²) in [5, 5.41) is 11.7. The van der Waals surface area contributed by atoms with Crippen LogP contribution in [0.1, 0.15) is 37.7 Å². The molecule has 0 aromatic heterocycles. The van der Waals surface area contributed by atoms with Gasteiger partial charge in [-0.25, -0.2) is 4.79 Å². The summed E-state index contributed by atoms with van der Waals surface area (Å²) < 4.78 is 0.996. The van der Waals surface area contributed by atoms with Crippen LogP contribution in [0.3, 0.4) is 0 Å². The van der Waals surface area contributed by atoms with Gasteiger partial charge in [-0.3, -0.25) is 4.79 Å². The second-order valence-corrected chi connectivity index (χ2v) is 6.11. The zero-order valence-electron chi connectivity index (χ0n) is 11.3. The number of amides is 1. The Morgan fingerprint density at radius 3 is 2.85 bits per heavy atom. The van der Waals surface area contributed by atoms with E-state index in [-0.39, 0.29) is 17.7 Å². The van der Waals surface area contributed by atoms with Gasteiger partial charge in [0.2, 0.25) is 5.91 Å². The van der Waals surface area contributed by atoms with E-state index in [1.54, 1.807) is 0 Å². The van der Waals surface area contributed by atoms with Crippen molar-refractivity contribution < 1.29 is 14.7 Å². The van der Waals surface area contributed by atoms with E-state index in [1.807, 2.05) is 31.2 Å². The Hall–Kier alpha value is -1.36. The minimum Gasteiger partial charge on any atom is -0.480 e. The quantitative estimate of drug-likeness (QED) is 0.837. The Bertz CT molecular complexity index is 518. The Balaban J connectivity index is 1.94. The molecule has 0 spiro atoms. The standard InChI is InChI=1S/C15H18BrNO3/c1-2-4-13(15(19)20)17-14(18)12-8-11(12)9-5-3-6-10(16)7-9/h3,5-7,11-13H,2,4,8H2,1H3,(H,17,18)(H,19,20). The fourth-order valence-corrected chi connectivity index (χ4v) is 2.83. The van der Waals surface area contributed by atoms with Crippen molar-refractivity contribution in [1.82, 2.24) is 5.32 Å². The molecule has 2 N–H and O–H groups in total. The van der Waals surface area contributed by atoms with Gasteiger partial charge in [-0.1, -0.05) is 41.4 Å². The second kappa shape index (κ2) is 6.39. The zero-order valence-corrected chi connectivity index (χ0v) is 12.9. The second-order valence-electron chi connectivity index (χ2n) is 5.19. The lowest BCUT2D eigenvalue weighted by Gasteiger charge is -2.13. The maximum Gasteiger partial charge on any atom is 0.326 e. The molecule has 0 saturated heterocycles. The van der Waals surface area contributed by atoms with Crippen molar-refractivity contribution in [2.45, 2.75) is 38.1 Å². The molecule has 1 aliphatic rings. The normalized spacial score (nSPS) is 22.1. The predicted molar refractivity (Wildman–Crippen MR) is 79.5 cm³/mol. The van der Waals surface area contributed by atoms with Crippen LogP contribution in [0.2, 0.25) is 0 Å². The third kappa shape index (κ3) is 3.60. The summed E-state index contributed by atoms with van der Waals surface area (Å²) in [5.74, 6) is -0.984.